The van der Waals surface area contributed by atoms with Crippen molar-refractivity contribution in [1.82, 2.24) is 19.9 Å². The van der Waals surface area contributed by atoms with E-state index in [4.69, 9.17) is 9.97 Å². The summed E-state index contributed by atoms with van der Waals surface area (Å²) in [5.41, 5.74) is 25.5. The Labute approximate surface area is 598 Å². The van der Waals surface area contributed by atoms with Gasteiger partial charge in [-0.25, -0.2) is 0 Å². The summed E-state index contributed by atoms with van der Waals surface area (Å²) in [6.45, 7) is 13.8. The zero-order valence-electron chi connectivity index (χ0n) is 59.5. The Morgan fingerprint density at radius 2 is 0.691 bits per heavy atom. The molecule has 10 aromatic rings. The number of unbranched alkanes of at least 4 members (excludes halogenated alkanes) is 20. The van der Waals surface area contributed by atoms with Crippen LogP contribution in [0.5, 0.6) is 0 Å². The topological polar surface area (TPSA) is 51.6 Å². The second kappa shape index (κ2) is 38.6. The molecule has 5 heteroatoms. The van der Waals surface area contributed by atoms with Gasteiger partial charge in [0.15, 0.2) is 0 Å². The van der Waals surface area contributed by atoms with Crippen molar-refractivity contribution < 1.29 is 20.1 Å². The first-order valence-corrected chi connectivity index (χ1v) is 37.4. The van der Waals surface area contributed by atoms with Crippen LogP contribution in [0.2, 0.25) is 0 Å². The number of rotatable bonds is 33. The van der Waals surface area contributed by atoms with Gasteiger partial charge in [0, 0.05) is 41.2 Å². The number of pyridine rings is 4. The number of hydrogen-bond acceptors (Lipinski definition) is 4. The molecule has 4 aromatic heterocycles. The molecule has 0 unspecified atom stereocenters. The summed E-state index contributed by atoms with van der Waals surface area (Å²) in [6, 6.07) is 73.4. The Kier molecular flexibility index (Phi) is 29.4. The monoisotopic (exact) mass is 1460 g/mol. The maximum Gasteiger partial charge on any atom is 3.00 e. The minimum absolute atomic E-state index is 0. The van der Waals surface area contributed by atoms with Crippen LogP contribution in [-0.2, 0) is 30.9 Å². The van der Waals surface area contributed by atoms with Crippen LogP contribution in [0, 0.1) is 32.0 Å². The second-order valence-corrected chi connectivity index (χ2v) is 27.6. The predicted octanol–water partition coefficient (Wildman–Crippen LogP) is 26.5. The van der Waals surface area contributed by atoms with Crippen LogP contribution < -0.4 is 0 Å². The van der Waals surface area contributed by atoms with Crippen molar-refractivity contribution >= 4 is 0 Å². The van der Waals surface area contributed by atoms with Gasteiger partial charge in [-0.15, -0.1) is 101 Å². The Morgan fingerprint density at radius 3 is 1.18 bits per heavy atom. The summed E-state index contributed by atoms with van der Waals surface area (Å²) in [6.07, 6.45) is 44.1. The molecule has 0 atom stereocenters. The van der Waals surface area contributed by atoms with Crippen molar-refractivity contribution in [2.24, 2.45) is 0 Å². The second-order valence-electron chi connectivity index (χ2n) is 27.6. The van der Waals surface area contributed by atoms with Crippen LogP contribution in [0.3, 0.4) is 0 Å². The van der Waals surface area contributed by atoms with Gasteiger partial charge in [-0.2, -0.15) is 0 Å². The molecule has 2 aliphatic rings. The third kappa shape index (κ3) is 19.5. The molecular weight excluding hydrogens is 1350 g/mol. The summed E-state index contributed by atoms with van der Waals surface area (Å²) in [5, 5.41) is 0. The molecule has 0 aliphatic heterocycles. The molecule has 4 nitrogen and oxygen atoms in total. The molecule has 0 spiro atoms. The van der Waals surface area contributed by atoms with Gasteiger partial charge in [-0.1, -0.05) is 283 Å². The van der Waals surface area contributed by atoms with E-state index in [2.05, 4.69) is 167 Å². The van der Waals surface area contributed by atoms with Crippen LogP contribution >= 0.6 is 0 Å². The first-order valence-electron chi connectivity index (χ1n) is 37.4. The Hall–Kier alpha value is -7.43. The fourth-order valence-corrected chi connectivity index (χ4v) is 15.3. The van der Waals surface area contributed by atoms with E-state index < -0.39 is 0 Å². The van der Waals surface area contributed by atoms with Crippen molar-refractivity contribution in [2.45, 2.75) is 232 Å². The first kappa shape index (κ1) is 73.8. The van der Waals surface area contributed by atoms with E-state index >= 15 is 0 Å². The van der Waals surface area contributed by atoms with E-state index in [1.165, 1.54) is 241 Å². The number of benzene rings is 6. The third-order valence-corrected chi connectivity index (χ3v) is 20.5. The van der Waals surface area contributed by atoms with Crippen molar-refractivity contribution in [3.63, 3.8) is 0 Å². The summed E-state index contributed by atoms with van der Waals surface area (Å²) >= 11 is 0. The van der Waals surface area contributed by atoms with Gasteiger partial charge in [0.2, 0.25) is 0 Å². The smallest absolute Gasteiger partial charge is 0.305 e. The molecule has 12 rings (SSSR count). The standard InChI is InChI=1S/C70H91N2.2C11H8N.Ir/c1-7-11-15-19-23-27-41-69(42-28-24-20-16-12-8-2)63-47-53(5)31-35-59(63)61-38-34-58(51-65(61)69)68-52-56(40-46-72-68)55-32-36-60-62-37-33-57(67-48-54(6)39-45-71-67)50-66(62)70(64(60)49-55,43-29-25-21-17-13-9-3)44-30-26-22-18-14-10-4;2*1-2-6-10(7-3-1)11-8-4-5-9-12-11;/h31-32,34-40,45-52H,7-30,41-44H2,1-6H3;2*1-6,8-9H;/q3*-1;+3. The van der Waals surface area contributed by atoms with E-state index in [1.807, 2.05) is 91.1 Å². The van der Waals surface area contributed by atoms with Gasteiger partial charge in [0.25, 0.3) is 0 Å². The van der Waals surface area contributed by atoms with Crippen LogP contribution in [0.25, 0.3) is 78.4 Å². The maximum atomic E-state index is 5.19. The van der Waals surface area contributed by atoms with E-state index in [1.54, 1.807) is 23.5 Å². The summed E-state index contributed by atoms with van der Waals surface area (Å²) in [5.74, 6) is 0. The fourth-order valence-electron chi connectivity index (χ4n) is 15.3. The number of fused-ring (bicyclic) bond motifs is 6. The van der Waals surface area contributed by atoms with E-state index in [-0.39, 0.29) is 30.9 Å². The summed E-state index contributed by atoms with van der Waals surface area (Å²) < 4.78 is 0. The Balaban J connectivity index is 0.000000364. The molecule has 2 aliphatic carbocycles. The van der Waals surface area contributed by atoms with Gasteiger partial charge in [0.1, 0.15) is 0 Å². The molecular formula is C92H107IrN4. The Morgan fingerprint density at radius 1 is 0.289 bits per heavy atom. The van der Waals surface area contributed by atoms with Gasteiger partial charge in [-0.3, -0.25) is 4.98 Å². The largest absolute Gasteiger partial charge is 3.00 e. The number of nitrogens with zero attached hydrogens (tertiary/aromatic N) is 4. The molecule has 0 radical (unpaired) electrons. The minimum Gasteiger partial charge on any atom is -0.305 e. The number of hydrogen-bond donors (Lipinski definition) is 0. The van der Waals surface area contributed by atoms with Crippen LogP contribution in [0.4, 0.5) is 0 Å². The molecule has 0 saturated carbocycles. The molecule has 0 saturated heterocycles. The van der Waals surface area contributed by atoms with Gasteiger partial charge < -0.3 is 15.0 Å². The molecule has 6 aromatic carbocycles. The van der Waals surface area contributed by atoms with Crippen molar-refractivity contribution in [3.8, 4) is 78.4 Å². The molecule has 4 heterocycles. The SMILES string of the molecule is CCCCCCCCC1(CCCCCCCC)c2cc(-c3cc(C)ccn3)[c-]cc2-c2ccc(-c3ccnc(-c4ccc5c(c4)C(CCCCCCCC)(CCCCCCCC)c4cc(C)ccc4-5)c3)cc21.[Ir+3].[c-]1ccccc1-c1ccccn1.[c-]1ccccc1-c1ccccn1. The van der Waals surface area contributed by atoms with Crippen molar-refractivity contribution in [3.05, 3.63) is 252 Å². The van der Waals surface area contributed by atoms with Crippen LogP contribution in [0.15, 0.2) is 201 Å². The number of aryl methyl sites for hydroxylation is 2. The molecule has 0 bridgehead atoms. The first-order chi connectivity index (χ1) is 47.3. The zero-order valence-corrected chi connectivity index (χ0v) is 61.9. The number of aromatic nitrogens is 4. The van der Waals surface area contributed by atoms with Crippen molar-refractivity contribution in [1.29, 1.82) is 0 Å². The van der Waals surface area contributed by atoms with E-state index in [9.17, 15) is 0 Å². The summed E-state index contributed by atoms with van der Waals surface area (Å²) in [4.78, 5) is 18.5. The van der Waals surface area contributed by atoms with Gasteiger partial charge in [-0.05, 0) is 132 Å². The van der Waals surface area contributed by atoms with E-state index in [0.29, 0.717) is 0 Å². The van der Waals surface area contributed by atoms with Crippen LogP contribution in [0.1, 0.15) is 241 Å². The third-order valence-electron chi connectivity index (χ3n) is 20.5. The van der Waals surface area contributed by atoms with Crippen LogP contribution in [-0.4, -0.2) is 19.9 Å². The van der Waals surface area contributed by atoms with Gasteiger partial charge >= 0.3 is 20.1 Å². The van der Waals surface area contributed by atoms with E-state index in [0.717, 1.165) is 39.5 Å². The molecule has 504 valence electrons. The molecule has 97 heavy (non-hydrogen) atoms. The summed E-state index contributed by atoms with van der Waals surface area (Å²) in [7, 11) is 0. The quantitative estimate of drug-likeness (QED) is 0.0304. The predicted molar refractivity (Wildman–Crippen MR) is 408 cm³/mol. The maximum absolute atomic E-state index is 5.19. The zero-order chi connectivity index (χ0) is 66.6. The normalized spacial score (nSPS) is 12.6. The average molecular weight is 1460 g/mol. The Bertz CT molecular complexity index is 3750. The van der Waals surface area contributed by atoms with Crippen molar-refractivity contribution in [2.75, 3.05) is 0 Å². The molecule has 0 N–H and O–H groups in total. The molecule has 0 fully saturated rings. The van der Waals surface area contributed by atoms with Gasteiger partial charge in [0.05, 0.1) is 5.69 Å². The molecule has 0 amide bonds. The minimum atomic E-state index is -0.0532. The average Bonchev–Trinajstić information content (AvgIpc) is 1.58. The fraction of sp³-hybridized carbons (Fsp3) is 0.391.